The molecule has 0 aliphatic carbocycles. The first kappa shape index (κ1) is 27.6. The first-order valence-electron chi connectivity index (χ1n) is 11.4. The summed E-state index contributed by atoms with van der Waals surface area (Å²) in [5.41, 5.74) is 2.53. The predicted octanol–water partition coefficient (Wildman–Crippen LogP) is 7.72. The highest BCUT2D eigenvalue weighted by Gasteiger charge is 2.22. The molecular formula is C30H26ClF2NO3. The van der Waals surface area contributed by atoms with Gasteiger partial charge in [-0.25, -0.2) is 13.6 Å². The molecule has 4 nitrogen and oxygen atoms in total. The van der Waals surface area contributed by atoms with Crippen molar-refractivity contribution >= 4 is 34.7 Å². The second-order valence-corrected chi connectivity index (χ2v) is 9.06. The minimum absolute atomic E-state index is 0.0981. The van der Waals surface area contributed by atoms with Crippen molar-refractivity contribution in [3.8, 4) is 0 Å². The Kier molecular flexibility index (Phi) is 9.15. The maximum Gasteiger partial charge on any atom is 0.335 e. The van der Waals surface area contributed by atoms with Gasteiger partial charge in [0.2, 0.25) is 5.91 Å². The minimum Gasteiger partial charge on any atom is -0.478 e. The van der Waals surface area contributed by atoms with Crippen molar-refractivity contribution in [3.63, 3.8) is 0 Å². The molecule has 0 saturated heterocycles. The Morgan fingerprint density at radius 1 is 1.00 bits per heavy atom. The lowest BCUT2D eigenvalue weighted by molar-refractivity contribution is -0.118. The Balaban J connectivity index is 1.92. The van der Waals surface area contributed by atoms with Crippen LogP contribution in [-0.4, -0.2) is 17.0 Å². The van der Waals surface area contributed by atoms with Gasteiger partial charge in [-0.05, 0) is 73.4 Å². The maximum atomic E-state index is 14.7. The van der Waals surface area contributed by atoms with Gasteiger partial charge in [0.15, 0.2) is 5.82 Å². The lowest BCUT2D eigenvalue weighted by Gasteiger charge is -2.18. The van der Waals surface area contributed by atoms with Gasteiger partial charge in [-0.15, -0.1) is 0 Å². The topological polar surface area (TPSA) is 66.4 Å². The van der Waals surface area contributed by atoms with Crippen molar-refractivity contribution in [2.75, 3.05) is 5.32 Å². The number of hydrogen-bond donors (Lipinski definition) is 2. The van der Waals surface area contributed by atoms with E-state index in [-0.39, 0.29) is 22.1 Å². The summed E-state index contributed by atoms with van der Waals surface area (Å²) in [4.78, 5) is 24.4. The Morgan fingerprint density at radius 3 is 2.24 bits per heavy atom. The van der Waals surface area contributed by atoms with Gasteiger partial charge in [0.05, 0.1) is 22.1 Å². The van der Waals surface area contributed by atoms with Crippen LogP contribution in [0.25, 0.3) is 5.57 Å². The van der Waals surface area contributed by atoms with Gasteiger partial charge in [-0.3, -0.25) is 4.79 Å². The van der Waals surface area contributed by atoms with Crippen molar-refractivity contribution < 1.29 is 23.5 Å². The molecule has 1 atom stereocenters. The number of carboxylic acids is 1. The van der Waals surface area contributed by atoms with E-state index < -0.39 is 23.5 Å². The van der Waals surface area contributed by atoms with E-state index in [0.717, 1.165) is 17.7 Å². The smallest absolute Gasteiger partial charge is 0.335 e. The molecule has 0 aliphatic rings. The van der Waals surface area contributed by atoms with Crippen molar-refractivity contribution in [2.45, 2.75) is 20.3 Å². The van der Waals surface area contributed by atoms with Crippen LogP contribution in [0.5, 0.6) is 0 Å². The molecule has 7 heteroatoms. The fraction of sp³-hybridized carbons (Fsp3) is 0.133. The number of anilines is 1. The monoisotopic (exact) mass is 521 g/mol. The van der Waals surface area contributed by atoms with Crippen LogP contribution in [0.2, 0.25) is 5.02 Å². The van der Waals surface area contributed by atoms with Gasteiger partial charge in [0.1, 0.15) is 5.82 Å². The summed E-state index contributed by atoms with van der Waals surface area (Å²) in [7, 11) is 0. The van der Waals surface area contributed by atoms with E-state index in [1.807, 2.05) is 30.3 Å². The third-order valence-electron chi connectivity index (χ3n) is 5.76. The minimum atomic E-state index is -1.07. The average molecular weight is 522 g/mol. The summed E-state index contributed by atoms with van der Waals surface area (Å²) in [6.45, 7) is 7.52. The number of carboxylic acid groups (broad SMARTS) is 1. The highest BCUT2D eigenvalue weighted by molar-refractivity contribution is 6.31. The Labute approximate surface area is 219 Å². The molecule has 1 unspecified atom stereocenters. The van der Waals surface area contributed by atoms with Crippen molar-refractivity contribution in [1.29, 1.82) is 0 Å². The number of benzene rings is 3. The molecule has 1 amide bonds. The largest absolute Gasteiger partial charge is 0.478 e. The predicted molar refractivity (Wildman–Crippen MR) is 144 cm³/mol. The number of allylic oxidation sites excluding steroid dienone is 4. The van der Waals surface area contributed by atoms with Crippen LogP contribution in [0, 0.1) is 17.6 Å². The highest BCUT2D eigenvalue weighted by Crippen LogP contribution is 2.31. The third kappa shape index (κ3) is 7.02. The lowest BCUT2D eigenvalue weighted by atomic mass is 9.90. The van der Waals surface area contributed by atoms with E-state index in [0.29, 0.717) is 28.8 Å². The second kappa shape index (κ2) is 12.3. The zero-order chi connectivity index (χ0) is 27.1. The summed E-state index contributed by atoms with van der Waals surface area (Å²) < 4.78 is 29.3. The maximum absolute atomic E-state index is 14.7. The molecule has 190 valence electrons. The molecule has 0 saturated carbocycles. The van der Waals surface area contributed by atoms with Crippen LogP contribution >= 0.6 is 11.6 Å². The average Bonchev–Trinajstić information content (AvgIpc) is 2.87. The fourth-order valence-electron chi connectivity index (χ4n) is 3.75. The van der Waals surface area contributed by atoms with Gasteiger partial charge < -0.3 is 10.4 Å². The van der Waals surface area contributed by atoms with Crippen molar-refractivity contribution in [2.24, 2.45) is 5.92 Å². The summed E-state index contributed by atoms with van der Waals surface area (Å²) in [5, 5.41) is 11.7. The molecule has 0 spiro atoms. The van der Waals surface area contributed by atoms with E-state index in [4.69, 9.17) is 16.7 Å². The van der Waals surface area contributed by atoms with E-state index >= 15 is 0 Å². The van der Waals surface area contributed by atoms with Crippen molar-refractivity contribution in [3.05, 3.63) is 130 Å². The van der Waals surface area contributed by atoms with Crippen LogP contribution in [0.15, 0.2) is 96.6 Å². The first-order chi connectivity index (χ1) is 17.6. The van der Waals surface area contributed by atoms with E-state index in [2.05, 4.69) is 11.9 Å². The molecule has 0 fully saturated rings. The number of carbonyl (C=O) groups excluding carboxylic acids is 1. The Morgan fingerprint density at radius 2 is 1.65 bits per heavy atom. The number of hydrogen-bond acceptors (Lipinski definition) is 2. The number of rotatable bonds is 9. The molecule has 3 aromatic carbocycles. The number of nitrogens with one attached hydrogen (secondary N) is 1. The van der Waals surface area contributed by atoms with E-state index in [9.17, 15) is 18.4 Å². The van der Waals surface area contributed by atoms with Crippen molar-refractivity contribution in [1.82, 2.24) is 0 Å². The third-order valence-corrected chi connectivity index (χ3v) is 6.05. The first-order valence-corrected chi connectivity index (χ1v) is 11.8. The van der Waals surface area contributed by atoms with Crippen LogP contribution in [0.3, 0.4) is 0 Å². The van der Waals surface area contributed by atoms with Crippen LogP contribution in [0.4, 0.5) is 14.5 Å². The molecule has 0 heterocycles. The van der Waals surface area contributed by atoms with E-state index in [1.165, 1.54) is 30.3 Å². The molecule has 0 bridgehead atoms. The number of carbonyl (C=O) groups is 2. The Hall–Kier alpha value is -4.03. The standard InChI is InChI=1S/C30H26ClF2NO3/c1-18(2)23(27-26(32)16-15-25(31)28(27)33)14-9-19(3)24(17-20-7-5-4-6-8-20)29(35)34-22-12-10-21(11-13-22)30(36)37/h4-16,24H,3,17H2,1-2H3,(H,34,35)(H,36,37)/b14-9-. The van der Waals surface area contributed by atoms with Crippen LogP contribution in [-0.2, 0) is 11.2 Å². The zero-order valence-electron chi connectivity index (χ0n) is 20.4. The number of amides is 1. The molecule has 0 aliphatic heterocycles. The zero-order valence-corrected chi connectivity index (χ0v) is 21.2. The van der Waals surface area contributed by atoms with Gasteiger partial charge in [0, 0.05) is 5.69 Å². The second-order valence-electron chi connectivity index (χ2n) is 8.65. The number of aromatic carboxylic acids is 1. The highest BCUT2D eigenvalue weighted by atomic mass is 35.5. The summed E-state index contributed by atoms with van der Waals surface area (Å²) in [6.07, 6.45) is 3.43. The summed E-state index contributed by atoms with van der Waals surface area (Å²) in [6, 6.07) is 17.4. The molecule has 2 N–H and O–H groups in total. The summed E-state index contributed by atoms with van der Waals surface area (Å²) >= 11 is 5.89. The van der Waals surface area contributed by atoms with Gasteiger partial charge in [0.25, 0.3) is 0 Å². The molecule has 0 aromatic heterocycles. The van der Waals surface area contributed by atoms with Gasteiger partial charge >= 0.3 is 5.97 Å². The quantitative estimate of drug-likeness (QED) is 0.224. The van der Waals surface area contributed by atoms with Gasteiger partial charge in [-0.1, -0.05) is 66.2 Å². The normalized spacial score (nSPS) is 11.7. The molecule has 3 aromatic rings. The molecule has 37 heavy (non-hydrogen) atoms. The number of halogens is 3. The Bertz CT molecular complexity index is 1380. The molecule has 0 radical (unpaired) electrons. The summed E-state index contributed by atoms with van der Waals surface area (Å²) in [5.74, 6) is -3.76. The molecule has 3 rings (SSSR count). The van der Waals surface area contributed by atoms with Gasteiger partial charge in [-0.2, -0.15) is 0 Å². The lowest BCUT2D eigenvalue weighted by Crippen LogP contribution is -2.25. The molecular weight excluding hydrogens is 496 g/mol. The fourth-order valence-corrected chi connectivity index (χ4v) is 3.91. The SMILES string of the molecule is C=C(/C=C\C(=C(C)C)c1c(F)ccc(Cl)c1F)C(Cc1ccccc1)C(=O)Nc1ccc(C(=O)O)cc1. The van der Waals surface area contributed by atoms with Crippen LogP contribution in [0.1, 0.15) is 35.3 Å². The van der Waals surface area contributed by atoms with E-state index in [1.54, 1.807) is 19.9 Å². The van der Waals surface area contributed by atoms with Crippen LogP contribution < -0.4 is 5.32 Å².